The molecule has 154 valence electrons. The Labute approximate surface area is 167 Å². The van der Waals surface area contributed by atoms with Gasteiger partial charge in [0, 0.05) is 24.2 Å². The van der Waals surface area contributed by atoms with Gasteiger partial charge in [-0.3, -0.25) is 4.79 Å². The molecule has 0 radical (unpaired) electrons. The average molecular weight is 387 g/mol. The number of ether oxygens (including phenoxy) is 1. The SMILES string of the molecule is C[C@]12CCC3C(C1[C@@H]1CC1[C@@]21CCC(=O)O1)[C@H]1C[C@H]1[C@]1(O)C[C@@H](O)CC[C@]31C. The number of hydrogen-bond donors (Lipinski definition) is 2. The lowest BCUT2D eigenvalue weighted by molar-refractivity contribution is -0.237. The number of rotatable bonds is 0. The molecule has 1 spiro atoms. The van der Waals surface area contributed by atoms with Gasteiger partial charge in [0.1, 0.15) is 5.60 Å². The first-order valence-electron chi connectivity index (χ1n) is 11.9. The van der Waals surface area contributed by atoms with Crippen molar-refractivity contribution in [3.63, 3.8) is 0 Å². The van der Waals surface area contributed by atoms with E-state index in [2.05, 4.69) is 13.8 Å². The van der Waals surface area contributed by atoms with E-state index in [-0.39, 0.29) is 28.5 Å². The van der Waals surface area contributed by atoms with Crippen LogP contribution in [0.5, 0.6) is 0 Å². The lowest BCUT2D eigenvalue weighted by Crippen LogP contribution is -2.65. The smallest absolute Gasteiger partial charge is 0.306 e. The molecule has 0 amide bonds. The predicted molar refractivity (Wildman–Crippen MR) is 102 cm³/mol. The first kappa shape index (κ1) is 17.1. The number of aliphatic hydroxyl groups excluding tert-OH is 1. The molecule has 4 unspecified atom stereocenters. The van der Waals surface area contributed by atoms with E-state index >= 15 is 0 Å². The summed E-state index contributed by atoms with van der Waals surface area (Å²) < 4.78 is 6.21. The second-order valence-corrected chi connectivity index (χ2v) is 12.3. The van der Waals surface area contributed by atoms with Crippen LogP contribution in [0.2, 0.25) is 0 Å². The summed E-state index contributed by atoms with van der Waals surface area (Å²) in [5, 5.41) is 22.2. The Bertz CT molecular complexity index is 781. The molecule has 4 heteroatoms. The van der Waals surface area contributed by atoms with Gasteiger partial charge < -0.3 is 14.9 Å². The van der Waals surface area contributed by atoms with Crippen molar-refractivity contribution in [3.05, 3.63) is 0 Å². The molecule has 1 heterocycles. The minimum Gasteiger partial charge on any atom is -0.458 e. The van der Waals surface area contributed by atoms with Gasteiger partial charge in [-0.1, -0.05) is 13.8 Å². The first-order valence-corrected chi connectivity index (χ1v) is 11.9. The fourth-order valence-electron chi connectivity index (χ4n) is 10.5. The van der Waals surface area contributed by atoms with E-state index in [4.69, 9.17) is 4.74 Å². The van der Waals surface area contributed by atoms with Crippen LogP contribution in [0.3, 0.4) is 0 Å². The van der Waals surface area contributed by atoms with Crippen molar-refractivity contribution in [1.82, 2.24) is 0 Å². The van der Waals surface area contributed by atoms with Crippen molar-refractivity contribution < 1.29 is 19.7 Å². The van der Waals surface area contributed by atoms with Gasteiger partial charge in [0.25, 0.3) is 0 Å². The molecule has 4 nitrogen and oxygen atoms in total. The Morgan fingerprint density at radius 3 is 2.46 bits per heavy atom. The fourth-order valence-corrected chi connectivity index (χ4v) is 10.5. The summed E-state index contributed by atoms with van der Waals surface area (Å²) in [5.74, 6) is 4.33. The molecular weight excluding hydrogens is 352 g/mol. The first-order chi connectivity index (χ1) is 13.3. The molecule has 0 aromatic rings. The summed E-state index contributed by atoms with van der Waals surface area (Å²) in [6, 6.07) is 0. The van der Waals surface area contributed by atoms with E-state index < -0.39 is 5.60 Å². The van der Waals surface area contributed by atoms with Crippen LogP contribution >= 0.6 is 0 Å². The molecule has 0 aromatic carbocycles. The summed E-state index contributed by atoms with van der Waals surface area (Å²) in [7, 11) is 0. The Balaban J connectivity index is 1.32. The lowest BCUT2D eigenvalue weighted by atomic mass is 9.42. The van der Waals surface area contributed by atoms with E-state index in [9.17, 15) is 15.0 Å². The third-order valence-corrected chi connectivity index (χ3v) is 11.8. The Morgan fingerprint density at radius 2 is 1.71 bits per heavy atom. The normalized spacial score (nSPS) is 68.4. The molecule has 7 fully saturated rings. The average Bonchev–Trinajstić information content (AvgIpc) is 3.54. The number of hydrogen-bond acceptors (Lipinski definition) is 4. The van der Waals surface area contributed by atoms with Gasteiger partial charge in [-0.2, -0.15) is 0 Å². The van der Waals surface area contributed by atoms with Gasteiger partial charge in [0.05, 0.1) is 11.7 Å². The molecule has 6 aliphatic carbocycles. The van der Waals surface area contributed by atoms with Crippen LogP contribution < -0.4 is 0 Å². The lowest BCUT2D eigenvalue weighted by Gasteiger charge is -2.64. The van der Waals surface area contributed by atoms with Crippen molar-refractivity contribution in [2.45, 2.75) is 88.9 Å². The Morgan fingerprint density at radius 1 is 0.964 bits per heavy atom. The number of carbonyl (C=O) groups excluding carboxylic acids is 1. The molecule has 1 aliphatic heterocycles. The highest BCUT2D eigenvalue weighted by molar-refractivity contribution is 5.73. The topological polar surface area (TPSA) is 66.8 Å². The molecule has 0 bridgehead atoms. The molecule has 7 aliphatic rings. The molecule has 2 N–H and O–H groups in total. The van der Waals surface area contributed by atoms with Crippen molar-refractivity contribution in [2.75, 3.05) is 0 Å². The van der Waals surface area contributed by atoms with E-state index in [1.165, 1.54) is 6.42 Å². The van der Waals surface area contributed by atoms with E-state index in [1.807, 2.05) is 0 Å². The molecule has 1 saturated heterocycles. The standard InChI is InChI=1S/C24H34O4/c1-21-6-3-12(25)11-23(21,27)16-9-13(16)19-15(21)4-7-22(2)20(19)14-10-17(14)24(22)8-5-18(26)28-24/h12-17,19-20,25,27H,3-11H2,1-2H3/t12-,13-,14+,15?,16+,17?,19?,20?,21+,22-,23+,24-/m0/s1. The van der Waals surface area contributed by atoms with Crippen LogP contribution in [0.1, 0.15) is 71.6 Å². The van der Waals surface area contributed by atoms with Crippen LogP contribution in [0.4, 0.5) is 0 Å². The van der Waals surface area contributed by atoms with Gasteiger partial charge in [0.15, 0.2) is 0 Å². The maximum absolute atomic E-state index is 12.2. The zero-order chi connectivity index (χ0) is 19.3. The highest BCUT2D eigenvalue weighted by Crippen LogP contribution is 2.83. The maximum Gasteiger partial charge on any atom is 0.306 e. The predicted octanol–water partition coefficient (Wildman–Crippen LogP) is 3.29. The Kier molecular flexibility index (Phi) is 2.85. The number of carbonyl (C=O) groups is 1. The highest BCUT2D eigenvalue weighted by atomic mass is 16.6. The minimum absolute atomic E-state index is 0.0326. The number of esters is 1. The van der Waals surface area contributed by atoms with Crippen molar-refractivity contribution >= 4 is 5.97 Å². The Hall–Kier alpha value is -0.610. The van der Waals surface area contributed by atoms with Gasteiger partial charge in [-0.15, -0.1) is 0 Å². The second-order valence-electron chi connectivity index (χ2n) is 12.3. The summed E-state index contributed by atoms with van der Waals surface area (Å²) >= 11 is 0. The fraction of sp³-hybridized carbons (Fsp3) is 0.958. The van der Waals surface area contributed by atoms with E-state index in [1.54, 1.807) is 0 Å². The van der Waals surface area contributed by atoms with Crippen LogP contribution in [-0.2, 0) is 9.53 Å². The summed E-state index contributed by atoms with van der Waals surface area (Å²) in [6.45, 7) is 4.82. The van der Waals surface area contributed by atoms with Crippen LogP contribution in [0, 0.1) is 52.3 Å². The number of aliphatic hydroxyl groups is 2. The van der Waals surface area contributed by atoms with Crippen LogP contribution in [-0.4, -0.2) is 33.5 Å². The molecular formula is C24H34O4. The quantitative estimate of drug-likeness (QED) is 0.627. The molecule has 7 rings (SSSR count). The summed E-state index contributed by atoms with van der Waals surface area (Å²) in [5.41, 5.74) is -0.751. The van der Waals surface area contributed by atoms with Crippen molar-refractivity contribution in [2.24, 2.45) is 52.3 Å². The van der Waals surface area contributed by atoms with Crippen LogP contribution in [0.15, 0.2) is 0 Å². The maximum atomic E-state index is 12.2. The van der Waals surface area contributed by atoms with E-state index in [0.29, 0.717) is 48.3 Å². The van der Waals surface area contributed by atoms with Crippen molar-refractivity contribution in [1.29, 1.82) is 0 Å². The number of fused-ring (bicyclic) bond motifs is 12. The monoisotopic (exact) mass is 386 g/mol. The van der Waals surface area contributed by atoms with E-state index in [0.717, 1.165) is 44.4 Å². The summed E-state index contributed by atoms with van der Waals surface area (Å²) in [6.07, 6.45) is 8.33. The molecule has 28 heavy (non-hydrogen) atoms. The molecule has 0 aromatic heterocycles. The van der Waals surface area contributed by atoms with Crippen molar-refractivity contribution in [3.8, 4) is 0 Å². The highest BCUT2D eigenvalue weighted by Gasteiger charge is 2.82. The molecule has 12 atom stereocenters. The van der Waals surface area contributed by atoms with Gasteiger partial charge in [0.2, 0.25) is 0 Å². The second kappa shape index (κ2) is 4.66. The third kappa shape index (κ3) is 1.59. The zero-order valence-corrected chi connectivity index (χ0v) is 17.2. The minimum atomic E-state index is -0.663. The van der Waals surface area contributed by atoms with Crippen LogP contribution in [0.25, 0.3) is 0 Å². The third-order valence-electron chi connectivity index (χ3n) is 11.8. The largest absolute Gasteiger partial charge is 0.458 e. The summed E-state index contributed by atoms with van der Waals surface area (Å²) in [4.78, 5) is 12.2. The molecule has 6 saturated carbocycles. The van der Waals surface area contributed by atoms with Gasteiger partial charge in [-0.25, -0.2) is 0 Å². The zero-order valence-electron chi connectivity index (χ0n) is 17.2. The van der Waals surface area contributed by atoms with Gasteiger partial charge >= 0.3 is 5.97 Å². The van der Waals surface area contributed by atoms with Gasteiger partial charge in [-0.05, 0) is 85.9 Å².